The summed E-state index contributed by atoms with van der Waals surface area (Å²) in [5, 5.41) is 8.38. The Morgan fingerprint density at radius 1 is 0.952 bits per heavy atom. The molecule has 0 atom stereocenters. The molecule has 3 rings (SSSR count). The van der Waals surface area contributed by atoms with Gasteiger partial charge >= 0.3 is 0 Å². The van der Waals surface area contributed by atoms with E-state index in [2.05, 4.69) is 4.98 Å². The molecule has 1 heterocycles. The maximum atomic E-state index is 8.38. The highest BCUT2D eigenvalue weighted by molar-refractivity contribution is 6.14. The minimum absolute atomic E-state index is 0. The molecule has 0 saturated heterocycles. The van der Waals surface area contributed by atoms with Crippen molar-refractivity contribution < 1.29 is 1.43 Å². The Hall–Kier alpha value is -2.94. The first kappa shape index (κ1) is 13.1. The van der Waals surface area contributed by atoms with Crippen molar-refractivity contribution in [2.45, 2.75) is 0 Å². The summed E-state index contributed by atoms with van der Waals surface area (Å²) < 4.78 is 0. The number of benzene rings is 2. The quantitative estimate of drug-likeness (QED) is 0.560. The van der Waals surface area contributed by atoms with Gasteiger partial charge in [-0.25, -0.2) is 0 Å². The number of nitrogens with one attached hydrogen (secondary N) is 1. The van der Waals surface area contributed by atoms with Crippen LogP contribution in [-0.2, 0) is 0 Å². The third-order valence-corrected chi connectivity index (χ3v) is 3.38. The summed E-state index contributed by atoms with van der Waals surface area (Å²) in [5.74, 6) is 0. The van der Waals surface area contributed by atoms with E-state index in [0.717, 1.165) is 22.3 Å². The summed E-state index contributed by atoms with van der Waals surface area (Å²) in [7, 11) is 0. The molecule has 3 heteroatoms. The first-order valence-corrected chi connectivity index (χ1v) is 6.70. The second-order valence-corrected chi connectivity index (χ2v) is 4.78. The molecule has 0 radical (unpaired) electrons. The molecule has 0 unspecified atom stereocenters. The number of hydrogen-bond acceptors (Lipinski definition) is 3. The van der Waals surface area contributed by atoms with E-state index in [-0.39, 0.29) is 1.43 Å². The number of anilines is 1. The predicted molar refractivity (Wildman–Crippen MR) is 88.6 cm³/mol. The van der Waals surface area contributed by atoms with Gasteiger partial charge in [-0.1, -0.05) is 42.5 Å². The van der Waals surface area contributed by atoms with Gasteiger partial charge in [0.2, 0.25) is 0 Å². The average Bonchev–Trinajstić information content (AvgIpc) is 2.56. The van der Waals surface area contributed by atoms with Crippen molar-refractivity contribution in [1.29, 1.82) is 5.41 Å². The molecule has 0 fully saturated rings. The molecule has 3 aromatic rings. The van der Waals surface area contributed by atoms with Crippen LogP contribution in [0, 0.1) is 5.41 Å². The monoisotopic (exact) mass is 275 g/mol. The van der Waals surface area contributed by atoms with Crippen LogP contribution < -0.4 is 5.73 Å². The van der Waals surface area contributed by atoms with Crippen LogP contribution in [0.15, 0.2) is 73.1 Å². The Kier molecular flexibility index (Phi) is 3.48. The predicted octanol–water partition coefficient (Wildman–Crippen LogP) is 3.99. The van der Waals surface area contributed by atoms with E-state index in [4.69, 9.17) is 11.1 Å². The Labute approximate surface area is 125 Å². The van der Waals surface area contributed by atoms with Crippen LogP contribution in [0.5, 0.6) is 0 Å². The molecular formula is C18H17N3. The number of hydrogen-bond donors (Lipinski definition) is 2. The highest BCUT2D eigenvalue weighted by Gasteiger charge is 2.10. The third-order valence-electron chi connectivity index (χ3n) is 3.38. The fraction of sp³-hybridized carbons (Fsp3) is 0. The molecule has 3 nitrogen and oxygen atoms in total. The van der Waals surface area contributed by atoms with E-state index >= 15 is 0 Å². The van der Waals surface area contributed by atoms with E-state index in [9.17, 15) is 0 Å². The van der Waals surface area contributed by atoms with Gasteiger partial charge in [-0.05, 0) is 23.8 Å². The molecule has 0 bridgehead atoms. The zero-order chi connectivity index (χ0) is 14.7. The second kappa shape index (κ2) is 5.59. The fourth-order valence-corrected chi connectivity index (χ4v) is 2.25. The van der Waals surface area contributed by atoms with Crippen LogP contribution in [0.3, 0.4) is 0 Å². The summed E-state index contributed by atoms with van der Waals surface area (Å²) in [6.45, 7) is 0. The lowest BCUT2D eigenvalue weighted by Gasteiger charge is -2.10. The third kappa shape index (κ3) is 2.67. The van der Waals surface area contributed by atoms with Crippen molar-refractivity contribution in [1.82, 2.24) is 4.98 Å². The molecule has 0 aliphatic carbocycles. The van der Waals surface area contributed by atoms with Gasteiger partial charge in [0.1, 0.15) is 0 Å². The smallest absolute Gasteiger partial charge is 0.0705 e. The molecule has 0 aliphatic heterocycles. The van der Waals surface area contributed by atoms with E-state index in [1.807, 2.05) is 60.7 Å². The Balaban J connectivity index is 0.00000176. The normalized spacial score (nSPS) is 10.3. The van der Waals surface area contributed by atoms with Crippen molar-refractivity contribution in [3.63, 3.8) is 0 Å². The van der Waals surface area contributed by atoms with Crippen molar-refractivity contribution in [3.05, 3.63) is 84.2 Å². The second-order valence-electron chi connectivity index (χ2n) is 4.78. The Morgan fingerprint density at radius 2 is 1.76 bits per heavy atom. The van der Waals surface area contributed by atoms with Gasteiger partial charge in [-0.3, -0.25) is 10.4 Å². The summed E-state index contributed by atoms with van der Waals surface area (Å²) in [6, 6.07) is 19.2. The number of rotatable bonds is 3. The Bertz CT molecular complexity index is 771. The topological polar surface area (TPSA) is 62.8 Å². The lowest BCUT2D eigenvalue weighted by Crippen LogP contribution is -2.05. The van der Waals surface area contributed by atoms with Gasteiger partial charge < -0.3 is 5.73 Å². The SMILES string of the molecule is N=C(c1ccccc1)c1cc(-c2cccnc2)ccc1N.[HH]. The Morgan fingerprint density at radius 3 is 2.48 bits per heavy atom. The van der Waals surface area contributed by atoms with Gasteiger partial charge in [0.05, 0.1) is 5.71 Å². The molecule has 0 aliphatic rings. The minimum atomic E-state index is 0. The van der Waals surface area contributed by atoms with Crippen LogP contribution in [0.4, 0.5) is 5.69 Å². The summed E-state index contributed by atoms with van der Waals surface area (Å²) in [5.41, 5.74) is 10.7. The molecular weight excluding hydrogens is 258 g/mol. The maximum Gasteiger partial charge on any atom is 0.0705 e. The van der Waals surface area contributed by atoms with Crippen molar-refractivity contribution in [2.24, 2.45) is 0 Å². The average molecular weight is 275 g/mol. The van der Waals surface area contributed by atoms with E-state index in [0.29, 0.717) is 11.4 Å². The molecule has 2 aromatic carbocycles. The lowest BCUT2D eigenvalue weighted by molar-refractivity contribution is 1.33. The van der Waals surface area contributed by atoms with E-state index in [1.54, 1.807) is 12.4 Å². The number of nitrogens with zero attached hydrogens (tertiary/aromatic N) is 1. The van der Waals surface area contributed by atoms with Gasteiger partial charge in [0, 0.05) is 36.2 Å². The van der Waals surface area contributed by atoms with E-state index in [1.165, 1.54) is 0 Å². The molecule has 104 valence electrons. The van der Waals surface area contributed by atoms with Gasteiger partial charge in [0.25, 0.3) is 0 Å². The molecule has 0 amide bonds. The van der Waals surface area contributed by atoms with E-state index < -0.39 is 0 Å². The zero-order valence-electron chi connectivity index (χ0n) is 11.5. The van der Waals surface area contributed by atoms with Crippen LogP contribution in [0.25, 0.3) is 11.1 Å². The molecule has 1 aromatic heterocycles. The maximum absolute atomic E-state index is 8.38. The molecule has 0 saturated carbocycles. The van der Waals surface area contributed by atoms with Crippen LogP contribution in [0.2, 0.25) is 0 Å². The van der Waals surface area contributed by atoms with Gasteiger partial charge in [-0.2, -0.15) is 0 Å². The highest BCUT2D eigenvalue weighted by atomic mass is 14.6. The minimum Gasteiger partial charge on any atom is -0.398 e. The highest BCUT2D eigenvalue weighted by Crippen LogP contribution is 2.25. The van der Waals surface area contributed by atoms with Crippen LogP contribution in [0.1, 0.15) is 12.6 Å². The summed E-state index contributed by atoms with van der Waals surface area (Å²) >= 11 is 0. The zero-order valence-corrected chi connectivity index (χ0v) is 11.5. The van der Waals surface area contributed by atoms with Gasteiger partial charge in [0.15, 0.2) is 0 Å². The molecule has 21 heavy (non-hydrogen) atoms. The van der Waals surface area contributed by atoms with Crippen molar-refractivity contribution >= 4 is 11.4 Å². The first-order valence-electron chi connectivity index (χ1n) is 6.70. The fourth-order valence-electron chi connectivity index (χ4n) is 2.25. The standard InChI is InChI=1S/C18H15N3.H2/c19-17-9-8-14(15-7-4-10-21-12-15)11-16(17)18(20)13-5-2-1-3-6-13;/h1-12,20H,19H2;1H. The van der Waals surface area contributed by atoms with Crippen LogP contribution in [-0.4, -0.2) is 10.7 Å². The molecule has 3 N–H and O–H groups in total. The largest absolute Gasteiger partial charge is 0.398 e. The number of nitrogens with two attached hydrogens (primary N) is 1. The number of pyridine rings is 1. The number of aromatic nitrogens is 1. The van der Waals surface area contributed by atoms with Crippen molar-refractivity contribution in [2.75, 3.05) is 5.73 Å². The summed E-state index contributed by atoms with van der Waals surface area (Å²) in [6.07, 6.45) is 3.55. The van der Waals surface area contributed by atoms with Crippen LogP contribution >= 0.6 is 0 Å². The van der Waals surface area contributed by atoms with Gasteiger partial charge in [-0.15, -0.1) is 0 Å². The lowest BCUT2D eigenvalue weighted by atomic mass is 9.97. The van der Waals surface area contributed by atoms with Crippen molar-refractivity contribution in [3.8, 4) is 11.1 Å². The summed E-state index contributed by atoms with van der Waals surface area (Å²) in [4.78, 5) is 4.13. The number of nitrogen functional groups attached to an aromatic ring is 1. The first-order chi connectivity index (χ1) is 10.3. The molecule has 0 spiro atoms.